The number of nitrogens with zero attached hydrogens (tertiary/aromatic N) is 1. The van der Waals surface area contributed by atoms with Gasteiger partial charge in [0.1, 0.15) is 0 Å². The van der Waals surface area contributed by atoms with Crippen LogP contribution in [0.5, 0.6) is 0 Å². The van der Waals surface area contributed by atoms with Gasteiger partial charge < -0.3 is 4.90 Å². The molecule has 1 aliphatic rings. The van der Waals surface area contributed by atoms with Crippen molar-refractivity contribution in [2.75, 3.05) is 4.90 Å². The van der Waals surface area contributed by atoms with Gasteiger partial charge >= 0.3 is 0 Å². The first-order valence-electron chi connectivity index (χ1n) is 20.2. The topological polar surface area (TPSA) is 3.24 Å². The molecule has 0 radical (unpaired) electrons. The van der Waals surface area contributed by atoms with E-state index >= 15 is 0 Å². The quantitative estimate of drug-likeness (QED) is 0.150. The summed E-state index contributed by atoms with van der Waals surface area (Å²) in [5.41, 5.74) is 20.8. The predicted molar refractivity (Wildman–Crippen MR) is 246 cm³/mol. The van der Waals surface area contributed by atoms with Crippen LogP contribution in [0.4, 0.5) is 17.1 Å². The molecular weight excluding hydrogens is 699 g/mol. The van der Waals surface area contributed by atoms with E-state index in [2.05, 4.69) is 243 Å². The summed E-state index contributed by atoms with van der Waals surface area (Å²) in [6.07, 6.45) is 0. The fraction of sp³-hybridized carbons (Fsp3) is 0.0526. The van der Waals surface area contributed by atoms with Gasteiger partial charge in [-0.05, 0) is 120 Å². The standard InChI is InChI=1S/C57H43N/c1-57(2)55-21-13-12-20-52(55)53-37-35-50(39-56(53)57)58(48-31-26-43(27-32-48)40-14-6-3-7-15-40)49-33-28-44(29-34-49)42-22-24-46(25-23-42)54-38-47(41-16-8-4-9-17-41)30-36-51(54)45-18-10-5-11-19-45/h3-39H,1-2H3. The van der Waals surface area contributed by atoms with Crippen LogP contribution in [0.2, 0.25) is 0 Å². The molecule has 10 rings (SSSR count). The molecule has 1 heteroatoms. The number of hydrogen-bond donors (Lipinski definition) is 0. The molecule has 9 aromatic rings. The van der Waals surface area contributed by atoms with Crippen LogP contribution in [0.3, 0.4) is 0 Å². The van der Waals surface area contributed by atoms with Crippen molar-refractivity contribution >= 4 is 17.1 Å². The van der Waals surface area contributed by atoms with Crippen LogP contribution in [0.25, 0.3) is 66.8 Å². The van der Waals surface area contributed by atoms with Crippen molar-refractivity contribution in [2.24, 2.45) is 0 Å². The highest BCUT2D eigenvalue weighted by molar-refractivity contribution is 5.89. The third kappa shape index (κ3) is 6.41. The summed E-state index contributed by atoms with van der Waals surface area (Å²) < 4.78 is 0. The Bertz CT molecular complexity index is 2850. The summed E-state index contributed by atoms with van der Waals surface area (Å²) in [5.74, 6) is 0. The van der Waals surface area contributed by atoms with Crippen molar-refractivity contribution in [1.82, 2.24) is 0 Å². The van der Waals surface area contributed by atoms with Crippen molar-refractivity contribution in [1.29, 1.82) is 0 Å². The van der Waals surface area contributed by atoms with E-state index in [-0.39, 0.29) is 5.41 Å². The van der Waals surface area contributed by atoms with E-state index < -0.39 is 0 Å². The minimum Gasteiger partial charge on any atom is -0.310 e. The third-order valence-electron chi connectivity index (χ3n) is 11.9. The van der Waals surface area contributed by atoms with Gasteiger partial charge in [0, 0.05) is 22.5 Å². The van der Waals surface area contributed by atoms with E-state index in [1.165, 1.54) is 77.9 Å². The summed E-state index contributed by atoms with van der Waals surface area (Å²) in [6, 6.07) is 81.7. The maximum Gasteiger partial charge on any atom is 0.0465 e. The third-order valence-corrected chi connectivity index (χ3v) is 11.9. The molecule has 0 heterocycles. The number of anilines is 3. The highest BCUT2D eigenvalue weighted by Crippen LogP contribution is 2.50. The maximum atomic E-state index is 2.41. The van der Waals surface area contributed by atoms with Crippen molar-refractivity contribution in [3.05, 3.63) is 236 Å². The molecular formula is C57H43N. The molecule has 0 N–H and O–H groups in total. The monoisotopic (exact) mass is 741 g/mol. The number of fused-ring (bicyclic) bond motifs is 3. The van der Waals surface area contributed by atoms with Gasteiger partial charge in [-0.1, -0.05) is 196 Å². The average Bonchev–Trinajstić information content (AvgIpc) is 3.53. The molecule has 0 aliphatic heterocycles. The molecule has 0 bridgehead atoms. The Morgan fingerprint density at radius 2 is 0.638 bits per heavy atom. The van der Waals surface area contributed by atoms with E-state index in [4.69, 9.17) is 0 Å². The highest BCUT2D eigenvalue weighted by atomic mass is 15.1. The van der Waals surface area contributed by atoms with Crippen LogP contribution in [0, 0.1) is 0 Å². The van der Waals surface area contributed by atoms with Gasteiger partial charge in [-0.3, -0.25) is 0 Å². The van der Waals surface area contributed by atoms with E-state index in [0.29, 0.717) is 0 Å². The Morgan fingerprint density at radius 1 is 0.259 bits per heavy atom. The van der Waals surface area contributed by atoms with E-state index in [1.807, 2.05) is 0 Å². The zero-order valence-electron chi connectivity index (χ0n) is 32.8. The minimum atomic E-state index is -0.0917. The van der Waals surface area contributed by atoms with Gasteiger partial charge in [0.15, 0.2) is 0 Å². The van der Waals surface area contributed by atoms with Crippen LogP contribution in [-0.4, -0.2) is 0 Å². The van der Waals surface area contributed by atoms with E-state index in [0.717, 1.165) is 17.1 Å². The highest BCUT2D eigenvalue weighted by Gasteiger charge is 2.35. The molecule has 58 heavy (non-hydrogen) atoms. The first-order valence-corrected chi connectivity index (χ1v) is 20.2. The number of rotatable bonds is 8. The molecule has 1 aliphatic carbocycles. The van der Waals surface area contributed by atoms with Crippen molar-refractivity contribution in [2.45, 2.75) is 19.3 Å². The van der Waals surface area contributed by atoms with Gasteiger partial charge in [-0.25, -0.2) is 0 Å². The Balaban J connectivity index is 1.01. The molecule has 0 atom stereocenters. The van der Waals surface area contributed by atoms with Crippen LogP contribution in [0.15, 0.2) is 224 Å². The van der Waals surface area contributed by atoms with Crippen LogP contribution in [0.1, 0.15) is 25.0 Å². The van der Waals surface area contributed by atoms with E-state index in [9.17, 15) is 0 Å². The SMILES string of the molecule is CC1(C)c2ccccc2-c2ccc(N(c3ccc(-c4ccccc4)cc3)c3ccc(-c4ccc(-c5cc(-c6ccccc6)ccc5-c5ccccc5)cc4)cc3)cc21. The Labute approximate surface area is 342 Å². The predicted octanol–water partition coefficient (Wildman–Crippen LogP) is 15.8. The summed E-state index contributed by atoms with van der Waals surface area (Å²) in [4.78, 5) is 2.39. The molecule has 0 saturated heterocycles. The molecule has 1 nitrogen and oxygen atoms in total. The summed E-state index contributed by atoms with van der Waals surface area (Å²) in [5, 5.41) is 0. The molecule has 0 amide bonds. The molecule has 0 unspecified atom stereocenters. The second kappa shape index (κ2) is 14.7. The smallest absolute Gasteiger partial charge is 0.0465 e. The van der Waals surface area contributed by atoms with Gasteiger partial charge in [0.05, 0.1) is 0 Å². The maximum absolute atomic E-state index is 2.41. The van der Waals surface area contributed by atoms with Crippen molar-refractivity contribution in [3.8, 4) is 66.8 Å². The van der Waals surface area contributed by atoms with Crippen LogP contribution in [-0.2, 0) is 5.41 Å². The summed E-state index contributed by atoms with van der Waals surface area (Å²) in [6.45, 7) is 4.70. The number of hydrogen-bond acceptors (Lipinski definition) is 1. The lowest BCUT2D eigenvalue weighted by Crippen LogP contribution is -2.16. The van der Waals surface area contributed by atoms with Gasteiger partial charge in [-0.15, -0.1) is 0 Å². The second-order valence-electron chi connectivity index (χ2n) is 15.8. The van der Waals surface area contributed by atoms with Crippen molar-refractivity contribution < 1.29 is 0 Å². The average molecular weight is 742 g/mol. The largest absolute Gasteiger partial charge is 0.310 e. The first-order chi connectivity index (χ1) is 28.5. The Kier molecular flexibility index (Phi) is 8.92. The van der Waals surface area contributed by atoms with Gasteiger partial charge in [-0.2, -0.15) is 0 Å². The summed E-state index contributed by atoms with van der Waals surface area (Å²) >= 11 is 0. The van der Waals surface area contributed by atoms with Crippen LogP contribution < -0.4 is 4.90 Å². The van der Waals surface area contributed by atoms with Gasteiger partial charge in [0.2, 0.25) is 0 Å². The molecule has 0 saturated carbocycles. The Hall–Kier alpha value is -7.22. The second-order valence-corrected chi connectivity index (χ2v) is 15.8. The zero-order chi connectivity index (χ0) is 39.1. The molecule has 9 aromatic carbocycles. The lowest BCUT2D eigenvalue weighted by Gasteiger charge is -2.28. The Morgan fingerprint density at radius 3 is 1.22 bits per heavy atom. The van der Waals surface area contributed by atoms with Gasteiger partial charge in [0.25, 0.3) is 0 Å². The number of benzene rings is 9. The summed E-state index contributed by atoms with van der Waals surface area (Å²) in [7, 11) is 0. The van der Waals surface area contributed by atoms with E-state index in [1.54, 1.807) is 0 Å². The van der Waals surface area contributed by atoms with Crippen LogP contribution >= 0.6 is 0 Å². The molecule has 0 aromatic heterocycles. The lowest BCUT2D eigenvalue weighted by molar-refractivity contribution is 0.660. The zero-order valence-corrected chi connectivity index (χ0v) is 32.8. The lowest BCUT2D eigenvalue weighted by atomic mass is 9.82. The van der Waals surface area contributed by atoms with Crippen molar-refractivity contribution in [3.63, 3.8) is 0 Å². The first kappa shape index (κ1) is 35.2. The molecule has 276 valence electrons. The normalized spacial score (nSPS) is 12.4. The molecule has 0 fully saturated rings. The fourth-order valence-corrected chi connectivity index (χ4v) is 8.82. The minimum absolute atomic E-state index is 0.0917. The fourth-order valence-electron chi connectivity index (χ4n) is 8.82. The molecule has 0 spiro atoms.